The van der Waals surface area contributed by atoms with E-state index in [1.165, 1.54) is 17.2 Å². The van der Waals surface area contributed by atoms with Crippen molar-refractivity contribution in [1.82, 2.24) is 19.5 Å². The number of aliphatic hydroxyl groups excluding tert-OH is 1. The molecular formula is C10H12N5O6P. The molecule has 2 saturated heterocycles. The number of nitrogens with zero attached hydrogens (tertiary/aromatic N) is 4. The molecule has 22 heavy (non-hydrogen) atoms. The molecule has 2 fully saturated rings. The van der Waals surface area contributed by atoms with Gasteiger partial charge in [0.2, 0.25) is 0 Å². The maximum atomic E-state index is 11.6. The molecule has 0 spiro atoms. The van der Waals surface area contributed by atoms with Crippen LogP contribution in [0.3, 0.4) is 0 Å². The SMILES string of the molecule is Nc1ncnc2c1ncn2[C@@H]1O[C@H](CO)[C@H]2OP(=O)(O)O[C@H]21. The minimum Gasteiger partial charge on any atom is -0.394 e. The van der Waals surface area contributed by atoms with E-state index in [4.69, 9.17) is 19.5 Å². The van der Waals surface area contributed by atoms with Crippen LogP contribution in [0.1, 0.15) is 6.23 Å². The Balaban J connectivity index is 1.78. The zero-order valence-corrected chi connectivity index (χ0v) is 11.9. The Hall–Kier alpha value is -1.62. The molecule has 11 nitrogen and oxygen atoms in total. The summed E-state index contributed by atoms with van der Waals surface area (Å²) in [6.07, 6.45) is -0.668. The molecular weight excluding hydrogens is 317 g/mol. The number of fused-ring (bicyclic) bond motifs is 2. The summed E-state index contributed by atoms with van der Waals surface area (Å²) in [5, 5.41) is 9.35. The number of anilines is 1. The van der Waals surface area contributed by atoms with Gasteiger partial charge in [-0.3, -0.25) is 13.6 Å². The fourth-order valence-electron chi connectivity index (χ4n) is 2.71. The first-order valence-corrected chi connectivity index (χ1v) is 7.88. The average molecular weight is 329 g/mol. The minimum atomic E-state index is -4.16. The molecule has 1 unspecified atom stereocenters. The van der Waals surface area contributed by atoms with Gasteiger partial charge in [0.15, 0.2) is 17.7 Å². The van der Waals surface area contributed by atoms with Crippen molar-refractivity contribution in [2.24, 2.45) is 0 Å². The van der Waals surface area contributed by atoms with Crippen LogP contribution >= 0.6 is 7.82 Å². The third kappa shape index (κ3) is 1.95. The monoisotopic (exact) mass is 329 g/mol. The van der Waals surface area contributed by atoms with Crippen molar-refractivity contribution in [2.75, 3.05) is 12.3 Å². The Bertz CT molecular complexity index is 782. The second kappa shape index (κ2) is 4.69. The standard InChI is InChI=1S/C10H12N5O6P/c11-8-5-9(13-2-12-8)15(3-14-5)10-7-6(4(1-16)19-10)20-22(17,18)21-7/h2-4,6-7,10,16H,1H2,(H,17,18)(H2,11,12,13)/t4-,6-,7-,10-/m1/s1. The fraction of sp³-hybridized carbons (Fsp3) is 0.500. The van der Waals surface area contributed by atoms with Gasteiger partial charge >= 0.3 is 7.82 Å². The molecule has 2 aromatic rings. The minimum absolute atomic E-state index is 0.202. The number of nitrogens with two attached hydrogens (primary N) is 1. The highest BCUT2D eigenvalue weighted by atomic mass is 31.2. The molecule has 4 N–H and O–H groups in total. The molecule has 0 radical (unpaired) electrons. The Morgan fingerprint density at radius 2 is 2.09 bits per heavy atom. The summed E-state index contributed by atoms with van der Waals surface area (Å²) >= 11 is 0. The lowest BCUT2D eigenvalue weighted by molar-refractivity contribution is -0.0589. The Morgan fingerprint density at radius 3 is 2.86 bits per heavy atom. The summed E-state index contributed by atoms with van der Waals surface area (Å²) in [6, 6.07) is 0. The first kappa shape index (κ1) is 14.0. The second-order valence-electron chi connectivity index (χ2n) is 4.94. The van der Waals surface area contributed by atoms with Crippen molar-refractivity contribution in [3.05, 3.63) is 12.7 Å². The lowest BCUT2D eigenvalue weighted by atomic mass is 10.1. The van der Waals surface area contributed by atoms with E-state index in [-0.39, 0.29) is 12.4 Å². The first-order valence-electron chi connectivity index (χ1n) is 6.39. The highest BCUT2D eigenvalue weighted by molar-refractivity contribution is 7.47. The van der Waals surface area contributed by atoms with Crippen molar-refractivity contribution in [2.45, 2.75) is 24.5 Å². The molecule has 4 heterocycles. The smallest absolute Gasteiger partial charge is 0.394 e. The molecule has 0 bridgehead atoms. The topological polar surface area (TPSA) is 155 Å². The second-order valence-corrected chi connectivity index (χ2v) is 6.30. The Labute approximate surface area is 123 Å². The number of phosphoric ester groups is 1. The number of hydrogen-bond donors (Lipinski definition) is 3. The van der Waals surface area contributed by atoms with E-state index in [1.807, 2.05) is 0 Å². The van der Waals surface area contributed by atoms with Gasteiger partial charge in [-0.05, 0) is 0 Å². The summed E-state index contributed by atoms with van der Waals surface area (Å²) in [6.45, 7) is -0.384. The number of aromatic nitrogens is 4. The third-order valence-electron chi connectivity index (χ3n) is 3.64. The quantitative estimate of drug-likeness (QED) is 0.595. The largest absolute Gasteiger partial charge is 0.473 e. The van der Waals surface area contributed by atoms with Gasteiger partial charge in [-0.15, -0.1) is 0 Å². The Morgan fingerprint density at radius 1 is 1.32 bits per heavy atom. The lowest BCUT2D eigenvalue weighted by Gasteiger charge is -2.18. The third-order valence-corrected chi connectivity index (χ3v) is 4.66. The van der Waals surface area contributed by atoms with Crippen molar-refractivity contribution in [3.63, 3.8) is 0 Å². The molecule has 0 saturated carbocycles. The molecule has 0 amide bonds. The van der Waals surface area contributed by atoms with Crippen LogP contribution in [-0.4, -0.2) is 54.4 Å². The molecule has 12 heteroatoms. The van der Waals surface area contributed by atoms with Crippen LogP contribution in [0.2, 0.25) is 0 Å². The number of nitrogen functional groups attached to an aromatic ring is 1. The van der Waals surface area contributed by atoms with Crippen molar-refractivity contribution in [3.8, 4) is 0 Å². The predicted octanol–water partition coefficient (Wildman–Crippen LogP) is -0.817. The van der Waals surface area contributed by atoms with Gasteiger partial charge in [-0.2, -0.15) is 0 Å². The van der Waals surface area contributed by atoms with Crippen LogP contribution in [-0.2, 0) is 18.3 Å². The summed E-state index contributed by atoms with van der Waals surface area (Å²) < 4.78 is 28.8. The first-order chi connectivity index (χ1) is 10.5. The van der Waals surface area contributed by atoms with E-state index in [0.717, 1.165) is 0 Å². The van der Waals surface area contributed by atoms with Crippen LogP contribution in [0.25, 0.3) is 11.2 Å². The molecule has 0 aliphatic carbocycles. The van der Waals surface area contributed by atoms with Crippen molar-refractivity contribution >= 4 is 24.8 Å². The van der Waals surface area contributed by atoms with Crippen LogP contribution in [0, 0.1) is 0 Å². The molecule has 2 aliphatic heterocycles. The molecule has 2 aliphatic rings. The zero-order chi connectivity index (χ0) is 15.5. The molecule has 4 rings (SSSR count). The van der Waals surface area contributed by atoms with E-state index in [9.17, 15) is 14.6 Å². The van der Waals surface area contributed by atoms with E-state index < -0.39 is 32.4 Å². The van der Waals surface area contributed by atoms with Gasteiger partial charge < -0.3 is 20.5 Å². The van der Waals surface area contributed by atoms with E-state index in [1.54, 1.807) is 0 Å². The zero-order valence-electron chi connectivity index (χ0n) is 11.0. The van der Waals surface area contributed by atoms with Crippen LogP contribution < -0.4 is 5.73 Å². The maximum Gasteiger partial charge on any atom is 0.473 e. The highest BCUT2D eigenvalue weighted by Crippen LogP contribution is 2.58. The summed E-state index contributed by atoms with van der Waals surface area (Å²) in [5.41, 5.74) is 6.49. The summed E-state index contributed by atoms with van der Waals surface area (Å²) in [5.74, 6) is 0.202. The van der Waals surface area contributed by atoms with Gasteiger partial charge in [0.25, 0.3) is 0 Å². The van der Waals surface area contributed by atoms with Gasteiger partial charge in [0, 0.05) is 0 Å². The van der Waals surface area contributed by atoms with E-state index in [2.05, 4.69) is 15.0 Å². The number of imidazole rings is 1. The highest BCUT2D eigenvalue weighted by Gasteiger charge is 2.57. The van der Waals surface area contributed by atoms with E-state index in [0.29, 0.717) is 11.2 Å². The van der Waals surface area contributed by atoms with Crippen molar-refractivity contribution < 1.29 is 28.3 Å². The number of hydrogen-bond acceptors (Lipinski definition) is 9. The predicted molar refractivity (Wildman–Crippen MR) is 70.3 cm³/mol. The average Bonchev–Trinajstić information content (AvgIpc) is 3.10. The van der Waals surface area contributed by atoms with Gasteiger partial charge in [0.05, 0.1) is 12.9 Å². The molecule has 0 aromatic carbocycles. The van der Waals surface area contributed by atoms with Crippen LogP contribution in [0.5, 0.6) is 0 Å². The van der Waals surface area contributed by atoms with Crippen LogP contribution in [0.4, 0.5) is 5.82 Å². The van der Waals surface area contributed by atoms with Gasteiger partial charge in [-0.25, -0.2) is 19.5 Å². The number of ether oxygens (including phenoxy) is 1. The number of aliphatic hydroxyl groups is 1. The Kier molecular flexibility index (Phi) is 2.98. The molecule has 2 aromatic heterocycles. The summed E-state index contributed by atoms with van der Waals surface area (Å²) in [4.78, 5) is 21.5. The van der Waals surface area contributed by atoms with E-state index >= 15 is 0 Å². The number of rotatable bonds is 2. The van der Waals surface area contributed by atoms with Gasteiger partial charge in [-0.1, -0.05) is 0 Å². The molecule has 118 valence electrons. The number of phosphoric acid groups is 1. The lowest BCUT2D eigenvalue weighted by Crippen LogP contribution is -2.30. The van der Waals surface area contributed by atoms with Crippen molar-refractivity contribution in [1.29, 1.82) is 0 Å². The maximum absolute atomic E-state index is 11.6. The van der Waals surface area contributed by atoms with Gasteiger partial charge in [0.1, 0.15) is 30.2 Å². The normalized spacial score (nSPS) is 37.7. The van der Waals surface area contributed by atoms with Crippen LogP contribution in [0.15, 0.2) is 12.7 Å². The fourth-order valence-corrected chi connectivity index (χ4v) is 3.85. The molecule has 5 atom stereocenters. The summed E-state index contributed by atoms with van der Waals surface area (Å²) in [7, 11) is -4.16.